The number of nitrogens with one attached hydrogen (secondary N) is 1. The van der Waals surface area contributed by atoms with E-state index in [2.05, 4.69) is 5.32 Å². The van der Waals surface area contributed by atoms with Gasteiger partial charge in [-0.25, -0.2) is 4.39 Å². The second-order valence-electron chi connectivity index (χ2n) is 5.76. The highest BCUT2D eigenvalue weighted by Crippen LogP contribution is 2.33. The number of benzene rings is 1. The Hall–Kier alpha value is -1.62. The molecule has 0 radical (unpaired) electrons. The summed E-state index contributed by atoms with van der Waals surface area (Å²) in [7, 11) is 3.36. The van der Waals surface area contributed by atoms with E-state index in [0.29, 0.717) is 18.5 Å². The number of ether oxygens (including phenoxy) is 1. The van der Waals surface area contributed by atoms with Crippen molar-refractivity contribution in [3.8, 4) is 0 Å². The molecule has 1 N–H and O–H groups in total. The van der Waals surface area contributed by atoms with Crippen molar-refractivity contribution in [3.63, 3.8) is 0 Å². The van der Waals surface area contributed by atoms with Crippen LogP contribution in [0.25, 0.3) is 0 Å². The number of anilines is 1. The Morgan fingerprint density at radius 2 is 2.29 bits per heavy atom. The van der Waals surface area contributed by atoms with Gasteiger partial charge in [-0.2, -0.15) is 0 Å². The standard InChI is InChI=1S/C16H23FN2O2/c1-10-7-13-8-12(16(20)18-9-11(2)21-4)5-6-14(13)19(3)15(10)17/h5-6,8,10-11,15H,7,9H2,1-4H3,(H,18,20)/t10?,11?,15-/m1/s1. The van der Waals surface area contributed by atoms with Gasteiger partial charge in [0.2, 0.25) is 0 Å². The van der Waals surface area contributed by atoms with Crippen LogP contribution in [-0.4, -0.2) is 39.0 Å². The molecule has 3 atom stereocenters. The molecular weight excluding hydrogens is 271 g/mol. The van der Waals surface area contributed by atoms with Crippen LogP contribution in [0.2, 0.25) is 0 Å². The molecule has 116 valence electrons. The molecule has 2 rings (SSSR count). The molecule has 0 aromatic heterocycles. The lowest BCUT2D eigenvalue weighted by Crippen LogP contribution is -2.39. The molecule has 1 aromatic carbocycles. The zero-order valence-electron chi connectivity index (χ0n) is 13.0. The number of methoxy groups -OCH3 is 1. The highest BCUT2D eigenvalue weighted by atomic mass is 19.1. The Morgan fingerprint density at radius 1 is 1.57 bits per heavy atom. The van der Waals surface area contributed by atoms with Crippen LogP contribution in [0.15, 0.2) is 18.2 Å². The normalized spacial score (nSPS) is 22.6. The molecule has 0 aliphatic carbocycles. The molecule has 5 heteroatoms. The molecule has 0 saturated heterocycles. The Balaban J connectivity index is 2.14. The van der Waals surface area contributed by atoms with Gasteiger partial charge in [-0.3, -0.25) is 4.79 Å². The summed E-state index contributed by atoms with van der Waals surface area (Å²) in [4.78, 5) is 13.8. The van der Waals surface area contributed by atoms with Gasteiger partial charge in [-0.15, -0.1) is 0 Å². The van der Waals surface area contributed by atoms with Gasteiger partial charge in [0.15, 0.2) is 6.30 Å². The summed E-state index contributed by atoms with van der Waals surface area (Å²) in [6, 6.07) is 5.42. The minimum atomic E-state index is -0.972. The Labute approximate surface area is 125 Å². The Morgan fingerprint density at radius 3 is 2.95 bits per heavy atom. The first-order chi connectivity index (χ1) is 9.93. The lowest BCUT2D eigenvalue weighted by atomic mass is 9.92. The number of carbonyl (C=O) groups excluding carboxylic acids is 1. The number of hydrogen-bond acceptors (Lipinski definition) is 3. The number of nitrogens with zero attached hydrogens (tertiary/aromatic N) is 1. The van der Waals surface area contributed by atoms with Gasteiger partial charge in [0.25, 0.3) is 5.91 Å². The molecule has 1 aliphatic rings. The molecule has 1 aliphatic heterocycles. The first kappa shape index (κ1) is 15.8. The van der Waals surface area contributed by atoms with Crippen molar-refractivity contribution in [1.29, 1.82) is 0 Å². The highest BCUT2D eigenvalue weighted by Gasteiger charge is 2.29. The fourth-order valence-corrected chi connectivity index (χ4v) is 2.61. The van der Waals surface area contributed by atoms with E-state index in [1.165, 1.54) is 0 Å². The Kier molecular flexibility index (Phi) is 4.83. The molecule has 0 bridgehead atoms. The van der Waals surface area contributed by atoms with Crippen LogP contribution < -0.4 is 10.2 Å². The molecule has 1 amide bonds. The van der Waals surface area contributed by atoms with Gasteiger partial charge in [0.1, 0.15) is 0 Å². The summed E-state index contributed by atoms with van der Waals surface area (Å²) in [5.74, 6) is -0.200. The second kappa shape index (κ2) is 6.43. The molecule has 21 heavy (non-hydrogen) atoms. The molecule has 0 spiro atoms. The minimum Gasteiger partial charge on any atom is -0.380 e. The van der Waals surface area contributed by atoms with Gasteiger partial charge < -0.3 is 15.0 Å². The predicted molar refractivity (Wildman–Crippen MR) is 81.4 cm³/mol. The van der Waals surface area contributed by atoms with Gasteiger partial charge in [-0.05, 0) is 37.1 Å². The van der Waals surface area contributed by atoms with Gasteiger partial charge in [0, 0.05) is 37.9 Å². The SMILES string of the molecule is COC(C)CNC(=O)c1ccc2c(c1)CC(C)[C@H](F)N2C. The van der Waals surface area contributed by atoms with E-state index in [1.807, 2.05) is 26.0 Å². The van der Waals surface area contributed by atoms with Crippen molar-refractivity contribution in [2.75, 3.05) is 25.6 Å². The van der Waals surface area contributed by atoms with E-state index >= 15 is 0 Å². The first-order valence-electron chi connectivity index (χ1n) is 7.24. The highest BCUT2D eigenvalue weighted by molar-refractivity contribution is 5.95. The van der Waals surface area contributed by atoms with Crippen molar-refractivity contribution in [3.05, 3.63) is 29.3 Å². The van der Waals surface area contributed by atoms with E-state index in [9.17, 15) is 9.18 Å². The quantitative estimate of drug-likeness (QED) is 0.867. The third-order valence-corrected chi connectivity index (χ3v) is 4.06. The molecule has 1 heterocycles. The lowest BCUT2D eigenvalue weighted by Gasteiger charge is -2.35. The van der Waals surface area contributed by atoms with E-state index in [4.69, 9.17) is 4.74 Å². The zero-order valence-corrected chi connectivity index (χ0v) is 13.0. The summed E-state index contributed by atoms with van der Waals surface area (Å²) in [6.07, 6.45) is -0.346. The number of hydrogen-bond donors (Lipinski definition) is 1. The second-order valence-corrected chi connectivity index (χ2v) is 5.76. The number of alkyl halides is 1. The fraction of sp³-hybridized carbons (Fsp3) is 0.562. The summed E-state index contributed by atoms with van der Waals surface area (Å²) in [5, 5.41) is 2.84. The number of carbonyl (C=O) groups is 1. The molecule has 1 aromatic rings. The predicted octanol–water partition coefficient (Wildman–Crippen LogP) is 2.38. The van der Waals surface area contributed by atoms with Crippen molar-refractivity contribution >= 4 is 11.6 Å². The van der Waals surface area contributed by atoms with Crippen molar-refractivity contribution in [2.45, 2.75) is 32.7 Å². The minimum absolute atomic E-state index is 0.0231. The molecule has 2 unspecified atom stereocenters. The van der Waals surface area contributed by atoms with Crippen LogP contribution in [-0.2, 0) is 11.2 Å². The Bertz CT molecular complexity index is 521. The van der Waals surface area contributed by atoms with Crippen LogP contribution in [0.3, 0.4) is 0 Å². The van der Waals surface area contributed by atoms with Gasteiger partial charge >= 0.3 is 0 Å². The third-order valence-electron chi connectivity index (χ3n) is 4.06. The molecular formula is C16H23FN2O2. The van der Waals surface area contributed by atoms with Crippen LogP contribution in [0, 0.1) is 5.92 Å². The summed E-state index contributed by atoms with van der Waals surface area (Å²) in [6.45, 7) is 4.25. The monoisotopic (exact) mass is 294 g/mol. The molecule has 0 saturated carbocycles. The van der Waals surface area contributed by atoms with E-state index < -0.39 is 6.30 Å². The number of amides is 1. The van der Waals surface area contributed by atoms with Gasteiger partial charge in [-0.1, -0.05) is 6.92 Å². The average molecular weight is 294 g/mol. The van der Waals surface area contributed by atoms with Crippen molar-refractivity contribution in [1.82, 2.24) is 5.32 Å². The van der Waals surface area contributed by atoms with E-state index in [0.717, 1.165) is 11.3 Å². The van der Waals surface area contributed by atoms with E-state index in [1.54, 1.807) is 25.1 Å². The smallest absolute Gasteiger partial charge is 0.251 e. The van der Waals surface area contributed by atoms with Crippen molar-refractivity contribution < 1.29 is 13.9 Å². The summed E-state index contributed by atoms with van der Waals surface area (Å²) < 4.78 is 19.1. The zero-order chi connectivity index (χ0) is 15.6. The van der Waals surface area contributed by atoms with E-state index in [-0.39, 0.29) is 17.9 Å². The van der Waals surface area contributed by atoms with Crippen LogP contribution in [0.5, 0.6) is 0 Å². The summed E-state index contributed by atoms with van der Waals surface area (Å²) in [5.41, 5.74) is 2.49. The lowest BCUT2D eigenvalue weighted by molar-refractivity contribution is 0.0870. The fourth-order valence-electron chi connectivity index (χ4n) is 2.61. The van der Waals surface area contributed by atoms with Crippen LogP contribution in [0.1, 0.15) is 29.8 Å². The third kappa shape index (κ3) is 3.35. The number of rotatable bonds is 4. The number of halogens is 1. The maximum Gasteiger partial charge on any atom is 0.251 e. The molecule has 0 fully saturated rings. The maximum atomic E-state index is 14.0. The summed E-state index contributed by atoms with van der Waals surface area (Å²) >= 11 is 0. The molecule has 4 nitrogen and oxygen atoms in total. The first-order valence-corrected chi connectivity index (χ1v) is 7.24. The topological polar surface area (TPSA) is 41.6 Å². The largest absolute Gasteiger partial charge is 0.380 e. The van der Waals surface area contributed by atoms with Crippen LogP contribution >= 0.6 is 0 Å². The van der Waals surface area contributed by atoms with Crippen LogP contribution in [0.4, 0.5) is 10.1 Å². The van der Waals surface area contributed by atoms with Gasteiger partial charge in [0.05, 0.1) is 6.10 Å². The van der Waals surface area contributed by atoms with Crippen molar-refractivity contribution in [2.24, 2.45) is 5.92 Å². The number of fused-ring (bicyclic) bond motifs is 1. The maximum absolute atomic E-state index is 14.0. The average Bonchev–Trinajstić information content (AvgIpc) is 2.49.